The fourth-order valence-corrected chi connectivity index (χ4v) is 1.01. The third-order valence-electron chi connectivity index (χ3n) is 1.98. The van der Waals surface area contributed by atoms with E-state index in [0.717, 1.165) is 0 Å². The summed E-state index contributed by atoms with van der Waals surface area (Å²) in [7, 11) is 0. The van der Waals surface area contributed by atoms with E-state index in [1.165, 1.54) is 11.0 Å². The summed E-state index contributed by atoms with van der Waals surface area (Å²) in [6.45, 7) is 1.90. The number of amides is 2. The van der Waals surface area contributed by atoms with E-state index < -0.39 is 11.8 Å². The lowest BCUT2D eigenvalue weighted by Crippen LogP contribution is -2.20. The van der Waals surface area contributed by atoms with Gasteiger partial charge in [0.15, 0.2) is 0 Å². The van der Waals surface area contributed by atoms with Crippen LogP contribution >= 0.6 is 0 Å². The van der Waals surface area contributed by atoms with Gasteiger partial charge < -0.3 is 0 Å². The molecular weight excluding hydrogens is 188 g/mol. The summed E-state index contributed by atoms with van der Waals surface area (Å²) >= 11 is 0. The molecule has 0 atom stereocenters. The van der Waals surface area contributed by atoms with Crippen molar-refractivity contribution >= 4 is 11.8 Å². The second kappa shape index (κ2) is 7.28. The van der Waals surface area contributed by atoms with E-state index in [9.17, 15) is 9.59 Å². The van der Waals surface area contributed by atoms with Crippen LogP contribution in [0.25, 0.3) is 0 Å². The molecule has 0 aromatic carbocycles. The number of hydroxylamine groups is 2. The predicted octanol–water partition coefficient (Wildman–Crippen LogP) is 0.194. The van der Waals surface area contributed by atoms with Gasteiger partial charge >= 0.3 is 0 Å². The van der Waals surface area contributed by atoms with E-state index in [4.69, 9.17) is 10.4 Å². The highest BCUT2D eigenvalue weighted by molar-refractivity contribution is 5.75. The monoisotopic (exact) mass is 204 g/mol. The Balaban J connectivity index is 3.50. The van der Waals surface area contributed by atoms with Gasteiger partial charge in [-0.15, -0.1) is 0 Å². The predicted molar refractivity (Wildman–Crippen MR) is 47.5 cm³/mol. The van der Waals surface area contributed by atoms with Gasteiger partial charge in [0.1, 0.15) is 0 Å². The van der Waals surface area contributed by atoms with Crippen LogP contribution in [0.2, 0.25) is 0 Å². The molecule has 14 heavy (non-hydrogen) atoms. The Kier molecular flexibility index (Phi) is 6.69. The number of hydrogen-bond donors (Lipinski definition) is 4. The molecule has 6 heteroatoms. The van der Waals surface area contributed by atoms with Crippen LogP contribution in [-0.2, 0) is 9.59 Å². The minimum Gasteiger partial charge on any atom is -0.289 e. The van der Waals surface area contributed by atoms with E-state index in [-0.39, 0.29) is 18.8 Å². The van der Waals surface area contributed by atoms with Crippen molar-refractivity contribution in [3.8, 4) is 0 Å². The molecule has 0 aliphatic rings. The molecule has 0 saturated heterocycles. The Bertz CT molecular complexity index is 176. The maximum absolute atomic E-state index is 10.6. The summed E-state index contributed by atoms with van der Waals surface area (Å²) < 4.78 is 0. The first kappa shape index (κ1) is 12.9. The van der Waals surface area contributed by atoms with Crippen molar-refractivity contribution in [3.05, 3.63) is 0 Å². The first-order chi connectivity index (χ1) is 6.60. The molecule has 2 amide bonds. The van der Waals surface area contributed by atoms with Crippen molar-refractivity contribution < 1.29 is 20.0 Å². The molecule has 0 aliphatic carbocycles. The Morgan fingerprint density at radius 1 is 1.07 bits per heavy atom. The molecule has 0 aromatic rings. The standard InChI is InChI=1S/C8H16N2O4/c1-6(2-4-7(11)9-13)3-5-8(12)10-14/h6,13-14H,2-5H2,1H3,(H,9,11)(H,10,12). The molecular formula is C8H16N2O4. The molecule has 0 fully saturated rings. The third-order valence-corrected chi connectivity index (χ3v) is 1.98. The van der Waals surface area contributed by atoms with Gasteiger partial charge in [0.25, 0.3) is 0 Å². The topological polar surface area (TPSA) is 98.7 Å². The summed E-state index contributed by atoms with van der Waals surface area (Å²) in [6.07, 6.45) is 1.67. The summed E-state index contributed by atoms with van der Waals surface area (Å²) in [6, 6.07) is 0. The normalized spacial score (nSPS) is 10.0. The average molecular weight is 204 g/mol. The van der Waals surface area contributed by atoms with Gasteiger partial charge in [-0.1, -0.05) is 6.92 Å². The quantitative estimate of drug-likeness (QED) is 0.366. The van der Waals surface area contributed by atoms with Crippen molar-refractivity contribution in [3.63, 3.8) is 0 Å². The van der Waals surface area contributed by atoms with Crippen LogP contribution in [0.4, 0.5) is 0 Å². The zero-order valence-corrected chi connectivity index (χ0v) is 8.12. The molecule has 0 saturated carbocycles. The zero-order valence-electron chi connectivity index (χ0n) is 8.12. The lowest BCUT2D eigenvalue weighted by atomic mass is 9.99. The zero-order chi connectivity index (χ0) is 11.0. The SMILES string of the molecule is CC(CCC(=O)NO)CCC(=O)NO. The molecule has 0 unspecified atom stereocenters. The molecule has 0 radical (unpaired) electrons. The fraction of sp³-hybridized carbons (Fsp3) is 0.750. The maximum Gasteiger partial charge on any atom is 0.243 e. The molecule has 0 spiro atoms. The van der Waals surface area contributed by atoms with Crippen LogP contribution in [0, 0.1) is 5.92 Å². The van der Waals surface area contributed by atoms with Crippen LogP contribution in [-0.4, -0.2) is 22.2 Å². The largest absolute Gasteiger partial charge is 0.289 e. The highest BCUT2D eigenvalue weighted by Gasteiger charge is 2.08. The van der Waals surface area contributed by atoms with Crippen LogP contribution in [0.15, 0.2) is 0 Å². The third kappa shape index (κ3) is 6.38. The van der Waals surface area contributed by atoms with Crippen molar-refractivity contribution in [1.29, 1.82) is 0 Å². The van der Waals surface area contributed by atoms with E-state index in [2.05, 4.69) is 0 Å². The van der Waals surface area contributed by atoms with E-state index >= 15 is 0 Å². The lowest BCUT2D eigenvalue weighted by Gasteiger charge is -2.08. The number of rotatable bonds is 6. The summed E-state index contributed by atoms with van der Waals surface area (Å²) in [5.74, 6) is -0.656. The van der Waals surface area contributed by atoms with Gasteiger partial charge in [-0.3, -0.25) is 20.0 Å². The molecule has 0 rings (SSSR count). The van der Waals surface area contributed by atoms with Gasteiger partial charge in [-0.2, -0.15) is 0 Å². The molecule has 0 aliphatic heterocycles. The molecule has 0 aromatic heterocycles. The number of carbonyl (C=O) groups is 2. The van der Waals surface area contributed by atoms with Crippen LogP contribution in [0.5, 0.6) is 0 Å². The summed E-state index contributed by atoms with van der Waals surface area (Å²) in [4.78, 5) is 21.3. The minimum absolute atomic E-state index is 0.199. The smallest absolute Gasteiger partial charge is 0.243 e. The number of nitrogens with one attached hydrogen (secondary N) is 2. The molecule has 0 bridgehead atoms. The Morgan fingerprint density at radius 3 is 1.71 bits per heavy atom. The number of hydrogen-bond acceptors (Lipinski definition) is 4. The van der Waals surface area contributed by atoms with Crippen LogP contribution in [0.3, 0.4) is 0 Å². The fourth-order valence-electron chi connectivity index (χ4n) is 1.01. The Hall–Kier alpha value is -1.14. The summed E-state index contributed by atoms with van der Waals surface area (Å²) in [5.41, 5.74) is 3.08. The van der Waals surface area contributed by atoms with Crippen molar-refractivity contribution in [1.82, 2.24) is 11.0 Å². The van der Waals surface area contributed by atoms with Crippen molar-refractivity contribution in [2.45, 2.75) is 32.6 Å². The van der Waals surface area contributed by atoms with Crippen LogP contribution < -0.4 is 11.0 Å². The van der Waals surface area contributed by atoms with Gasteiger partial charge in [-0.25, -0.2) is 11.0 Å². The molecule has 4 N–H and O–H groups in total. The minimum atomic E-state index is -0.427. The Labute approximate surface area is 82.2 Å². The second-order valence-electron chi connectivity index (χ2n) is 3.25. The Morgan fingerprint density at radius 2 is 1.43 bits per heavy atom. The van der Waals surface area contributed by atoms with Gasteiger partial charge in [0.05, 0.1) is 0 Å². The highest BCUT2D eigenvalue weighted by Crippen LogP contribution is 2.12. The molecule has 82 valence electrons. The maximum atomic E-state index is 10.6. The lowest BCUT2D eigenvalue weighted by molar-refractivity contribution is -0.129. The van der Waals surface area contributed by atoms with Gasteiger partial charge in [-0.05, 0) is 18.8 Å². The average Bonchev–Trinajstić information content (AvgIpc) is 2.22. The van der Waals surface area contributed by atoms with E-state index in [1.54, 1.807) is 0 Å². The summed E-state index contributed by atoms with van der Waals surface area (Å²) in [5, 5.41) is 16.4. The molecule has 6 nitrogen and oxygen atoms in total. The van der Waals surface area contributed by atoms with Crippen molar-refractivity contribution in [2.24, 2.45) is 5.92 Å². The highest BCUT2D eigenvalue weighted by atomic mass is 16.5. The van der Waals surface area contributed by atoms with Gasteiger partial charge in [0, 0.05) is 12.8 Å². The molecule has 0 heterocycles. The van der Waals surface area contributed by atoms with E-state index in [1.807, 2.05) is 6.92 Å². The number of carbonyl (C=O) groups excluding carboxylic acids is 2. The second-order valence-corrected chi connectivity index (χ2v) is 3.25. The van der Waals surface area contributed by atoms with Crippen LogP contribution in [0.1, 0.15) is 32.6 Å². The van der Waals surface area contributed by atoms with Crippen molar-refractivity contribution in [2.75, 3.05) is 0 Å². The first-order valence-electron chi connectivity index (χ1n) is 4.46. The van der Waals surface area contributed by atoms with Gasteiger partial charge in [0.2, 0.25) is 11.8 Å². The first-order valence-corrected chi connectivity index (χ1v) is 4.46. The van der Waals surface area contributed by atoms with E-state index in [0.29, 0.717) is 12.8 Å².